The average Bonchev–Trinajstić information content (AvgIpc) is 2.92. The third-order valence-electron chi connectivity index (χ3n) is 3.27. The molecule has 3 rings (SSSR count). The van der Waals surface area contributed by atoms with Crippen molar-refractivity contribution in [3.05, 3.63) is 35.2 Å². The van der Waals surface area contributed by atoms with Crippen LogP contribution in [0.3, 0.4) is 0 Å². The molecule has 0 radical (unpaired) electrons. The predicted molar refractivity (Wildman–Crippen MR) is 77.4 cm³/mol. The van der Waals surface area contributed by atoms with Crippen molar-refractivity contribution in [3.8, 4) is 0 Å². The Labute approximate surface area is 117 Å². The van der Waals surface area contributed by atoms with Crippen molar-refractivity contribution in [1.29, 1.82) is 0 Å². The average molecular weight is 277 g/mol. The minimum atomic E-state index is 0.732. The molecule has 1 aliphatic rings. The van der Waals surface area contributed by atoms with E-state index in [9.17, 15) is 0 Å². The summed E-state index contributed by atoms with van der Waals surface area (Å²) in [5, 5.41) is 6.72. The standard InChI is InChI=1S/C14H19N3OS/c1-2-17(9-13-4-3-7-18-13)14-16-12(10-19-14)8-15-11-5-6-11/h3-4,7,10-11,15H,2,5-6,8-9H2,1H3. The Morgan fingerprint density at radius 1 is 1.53 bits per heavy atom. The number of thiazole rings is 1. The number of rotatable bonds is 7. The van der Waals surface area contributed by atoms with Crippen LogP contribution in [0.5, 0.6) is 0 Å². The lowest BCUT2D eigenvalue weighted by Gasteiger charge is -2.18. The summed E-state index contributed by atoms with van der Waals surface area (Å²) in [6.07, 6.45) is 4.35. The molecule has 2 aromatic heterocycles. The molecule has 1 saturated carbocycles. The van der Waals surface area contributed by atoms with E-state index in [0.29, 0.717) is 0 Å². The third-order valence-corrected chi connectivity index (χ3v) is 4.22. The molecule has 0 bridgehead atoms. The Balaban J connectivity index is 1.61. The molecule has 2 aromatic rings. The first-order valence-electron chi connectivity index (χ1n) is 6.80. The Hall–Kier alpha value is -1.33. The molecule has 0 amide bonds. The van der Waals surface area contributed by atoms with Crippen molar-refractivity contribution in [2.45, 2.75) is 38.9 Å². The summed E-state index contributed by atoms with van der Waals surface area (Å²) >= 11 is 1.71. The number of anilines is 1. The first kappa shape index (κ1) is 12.7. The predicted octanol–water partition coefficient (Wildman–Crippen LogP) is 3.01. The van der Waals surface area contributed by atoms with Crippen LogP contribution in [0.2, 0.25) is 0 Å². The highest BCUT2D eigenvalue weighted by molar-refractivity contribution is 7.13. The molecular formula is C14H19N3OS. The van der Waals surface area contributed by atoms with Gasteiger partial charge in [0.1, 0.15) is 5.76 Å². The number of nitrogens with one attached hydrogen (secondary N) is 1. The van der Waals surface area contributed by atoms with Crippen molar-refractivity contribution in [3.63, 3.8) is 0 Å². The van der Waals surface area contributed by atoms with Crippen molar-refractivity contribution in [1.82, 2.24) is 10.3 Å². The van der Waals surface area contributed by atoms with E-state index in [1.807, 2.05) is 12.1 Å². The Bertz CT molecular complexity index is 505. The van der Waals surface area contributed by atoms with Gasteiger partial charge in [-0.25, -0.2) is 4.98 Å². The third kappa shape index (κ3) is 3.36. The first-order valence-corrected chi connectivity index (χ1v) is 7.68. The fraction of sp³-hybridized carbons (Fsp3) is 0.500. The quantitative estimate of drug-likeness (QED) is 0.844. The largest absolute Gasteiger partial charge is 0.467 e. The van der Waals surface area contributed by atoms with Crippen LogP contribution in [-0.2, 0) is 13.1 Å². The lowest BCUT2D eigenvalue weighted by atomic mass is 10.4. The summed E-state index contributed by atoms with van der Waals surface area (Å²) in [5.74, 6) is 0.981. The fourth-order valence-electron chi connectivity index (χ4n) is 1.96. The van der Waals surface area contributed by atoms with E-state index >= 15 is 0 Å². The van der Waals surface area contributed by atoms with Gasteiger partial charge in [-0.15, -0.1) is 11.3 Å². The Morgan fingerprint density at radius 3 is 3.11 bits per heavy atom. The highest BCUT2D eigenvalue weighted by atomic mass is 32.1. The van der Waals surface area contributed by atoms with Crippen molar-refractivity contribution < 1.29 is 4.42 Å². The molecule has 1 aliphatic carbocycles. The van der Waals surface area contributed by atoms with E-state index < -0.39 is 0 Å². The Kier molecular flexibility index (Phi) is 3.84. The van der Waals surface area contributed by atoms with Crippen LogP contribution in [0.25, 0.3) is 0 Å². The lowest BCUT2D eigenvalue weighted by molar-refractivity contribution is 0.503. The molecule has 4 nitrogen and oxygen atoms in total. The van der Waals surface area contributed by atoms with Crippen LogP contribution in [0, 0.1) is 0 Å². The maximum atomic E-state index is 5.40. The molecule has 1 N–H and O–H groups in total. The second-order valence-corrected chi connectivity index (χ2v) is 5.71. The topological polar surface area (TPSA) is 41.3 Å². The van der Waals surface area contributed by atoms with Crippen LogP contribution in [0.15, 0.2) is 28.2 Å². The second kappa shape index (κ2) is 5.75. The van der Waals surface area contributed by atoms with Gasteiger partial charge < -0.3 is 14.6 Å². The minimum Gasteiger partial charge on any atom is -0.467 e. The molecule has 19 heavy (non-hydrogen) atoms. The summed E-state index contributed by atoms with van der Waals surface area (Å²) in [6.45, 7) is 4.75. The number of nitrogens with zero attached hydrogens (tertiary/aromatic N) is 2. The number of furan rings is 1. The van der Waals surface area contributed by atoms with Gasteiger partial charge in [0.15, 0.2) is 5.13 Å². The number of aromatic nitrogens is 1. The van der Waals surface area contributed by atoms with E-state index in [4.69, 9.17) is 9.40 Å². The van der Waals surface area contributed by atoms with E-state index in [-0.39, 0.29) is 0 Å². The molecular weight excluding hydrogens is 258 g/mol. The summed E-state index contributed by atoms with van der Waals surface area (Å²) < 4.78 is 5.40. The summed E-state index contributed by atoms with van der Waals surface area (Å²) in [4.78, 5) is 6.94. The normalized spacial score (nSPS) is 14.8. The molecule has 0 unspecified atom stereocenters. The molecule has 0 atom stereocenters. The second-order valence-electron chi connectivity index (χ2n) is 4.87. The van der Waals surface area contributed by atoms with Gasteiger partial charge in [0.2, 0.25) is 0 Å². The zero-order valence-corrected chi connectivity index (χ0v) is 11.9. The summed E-state index contributed by atoms with van der Waals surface area (Å²) in [7, 11) is 0. The van der Waals surface area contributed by atoms with Gasteiger partial charge in [-0.05, 0) is 31.9 Å². The molecule has 102 valence electrons. The van der Waals surface area contributed by atoms with E-state index in [1.165, 1.54) is 12.8 Å². The van der Waals surface area contributed by atoms with E-state index in [2.05, 4.69) is 22.5 Å². The molecule has 0 aromatic carbocycles. The van der Waals surface area contributed by atoms with Gasteiger partial charge in [-0.3, -0.25) is 0 Å². The van der Waals surface area contributed by atoms with Crippen LogP contribution in [0.1, 0.15) is 31.2 Å². The fourth-order valence-corrected chi connectivity index (χ4v) is 2.85. The highest BCUT2D eigenvalue weighted by Crippen LogP contribution is 2.24. The van der Waals surface area contributed by atoms with Gasteiger partial charge in [-0.1, -0.05) is 0 Å². The molecule has 1 fully saturated rings. The van der Waals surface area contributed by atoms with Crippen molar-refractivity contribution >= 4 is 16.5 Å². The summed E-state index contributed by atoms with van der Waals surface area (Å²) in [5.41, 5.74) is 1.14. The Morgan fingerprint density at radius 2 is 2.42 bits per heavy atom. The molecule has 5 heteroatoms. The molecule has 2 heterocycles. The van der Waals surface area contributed by atoms with Crippen molar-refractivity contribution in [2.75, 3.05) is 11.4 Å². The van der Waals surface area contributed by atoms with Crippen LogP contribution < -0.4 is 10.2 Å². The monoisotopic (exact) mass is 277 g/mol. The number of hydrogen-bond donors (Lipinski definition) is 1. The smallest absolute Gasteiger partial charge is 0.185 e. The maximum absolute atomic E-state index is 5.40. The number of hydrogen-bond acceptors (Lipinski definition) is 5. The molecule has 0 aliphatic heterocycles. The van der Waals surface area contributed by atoms with Gasteiger partial charge in [0.05, 0.1) is 18.5 Å². The van der Waals surface area contributed by atoms with E-state index in [1.54, 1.807) is 17.6 Å². The van der Waals surface area contributed by atoms with Gasteiger partial charge in [0, 0.05) is 24.5 Å². The van der Waals surface area contributed by atoms with Gasteiger partial charge in [-0.2, -0.15) is 0 Å². The molecule has 0 saturated heterocycles. The maximum Gasteiger partial charge on any atom is 0.185 e. The first-order chi connectivity index (χ1) is 9.35. The van der Waals surface area contributed by atoms with Crippen molar-refractivity contribution in [2.24, 2.45) is 0 Å². The minimum absolute atomic E-state index is 0.732. The summed E-state index contributed by atoms with van der Waals surface area (Å²) in [6, 6.07) is 4.66. The van der Waals surface area contributed by atoms with Crippen LogP contribution in [-0.4, -0.2) is 17.6 Å². The highest BCUT2D eigenvalue weighted by Gasteiger charge is 2.20. The van der Waals surface area contributed by atoms with Crippen LogP contribution >= 0.6 is 11.3 Å². The lowest BCUT2D eigenvalue weighted by Crippen LogP contribution is -2.22. The molecule has 0 spiro atoms. The van der Waals surface area contributed by atoms with Gasteiger partial charge in [0.25, 0.3) is 0 Å². The zero-order chi connectivity index (χ0) is 13.1. The zero-order valence-electron chi connectivity index (χ0n) is 11.1. The van der Waals surface area contributed by atoms with Crippen LogP contribution in [0.4, 0.5) is 5.13 Å². The SMILES string of the molecule is CCN(Cc1ccco1)c1nc(CNC2CC2)cs1. The van der Waals surface area contributed by atoms with E-state index in [0.717, 1.165) is 42.3 Å². The van der Waals surface area contributed by atoms with Gasteiger partial charge >= 0.3 is 0 Å².